The molecule has 1 aromatic carbocycles. The molecule has 0 spiro atoms. The van der Waals surface area contributed by atoms with E-state index in [1.54, 1.807) is 42.1 Å². The standard InChI is InChI=1S/C17H15F3N4O3/c1-2-26-15(25)13-9-21-24(10-13)8-7-11-3-5-12(6-4-11)14-22-16(27-23-14)17(18,19)20/h3-6,9-10H,2,7-8H2,1H3. The Labute approximate surface area is 151 Å². The van der Waals surface area contributed by atoms with Gasteiger partial charge in [0.2, 0.25) is 5.82 Å². The topological polar surface area (TPSA) is 83.0 Å². The van der Waals surface area contributed by atoms with Crippen LogP contribution < -0.4 is 0 Å². The van der Waals surface area contributed by atoms with Gasteiger partial charge in [-0.2, -0.15) is 23.3 Å². The van der Waals surface area contributed by atoms with Crippen LogP contribution in [0.3, 0.4) is 0 Å². The molecule has 0 N–H and O–H groups in total. The van der Waals surface area contributed by atoms with E-state index >= 15 is 0 Å². The fourth-order valence-corrected chi connectivity index (χ4v) is 2.33. The summed E-state index contributed by atoms with van der Waals surface area (Å²) in [5.41, 5.74) is 1.73. The van der Waals surface area contributed by atoms with Crippen LogP contribution in [0.15, 0.2) is 41.2 Å². The lowest BCUT2D eigenvalue weighted by Crippen LogP contribution is -2.05. The Bertz CT molecular complexity index is 916. The third-order valence-electron chi connectivity index (χ3n) is 3.65. The van der Waals surface area contributed by atoms with E-state index in [1.165, 1.54) is 6.20 Å². The van der Waals surface area contributed by atoms with Gasteiger partial charge in [0.25, 0.3) is 0 Å². The molecule has 0 unspecified atom stereocenters. The molecule has 3 rings (SSSR count). The summed E-state index contributed by atoms with van der Waals surface area (Å²) < 4.78 is 48.3. The molecule has 3 aromatic rings. The highest BCUT2D eigenvalue weighted by molar-refractivity contribution is 5.88. The van der Waals surface area contributed by atoms with Gasteiger partial charge in [-0.05, 0) is 18.9 Å². The lowest BCUT2D eigenvalue weighted by molar-refractivity contribution is -0.159. The summed E-state index contributed by atoms with van der Waals surface area (Å²) in [7, 11) is 0. The van der Waals surface area contributed by atoms with Gasteiger partial charge in [0.05, 0.1) is 18.4 Å². The molecular weight excluding hydrogens is 365 g/mol. The van der Waals surface area contributed by atoms with Crippen molar-refractivity contribution in [3.8, 4) is 11.4 Å². The second-order valence-electron chi connectivity index (χ2n) is 5.58. The van der Waals surface area contributed by atoms with E-state index in [0.717, 1.165) is 5.56 Å². The summed E-state index contributed by atoms with van der Waals surface area (Å²) >= 11 is 0. The average Bonchev–Trinajstić information content (AvgIpc) is 3.30. The first-order valence-electron chi connectivity index (χ1n) is 8.06. The third-order valence-corrected chi connectivity index (χ3v) is 3.65. The number of halogens is 3. The zero-order valence-electron chi connectivity index (χ0n) is 14.2. The number of rotatable bonds is 6. The molecule has 0 amide bonds. The molecule has 0 bridgehead atoms. The van der Waals surface area contributed by atoms with Crippen LogP contribution in [0.4, 0.5) is 13.2 Å². The molecule has 0 saturated heterocycles. The molecule has 2 aromatic heterocycles. The van der Waals surface area contributed by atoms with Crippen LogP contribution in [0.2, 0.25) is 0 Å². The first kappa shape index (κ1) is 18.6. The zero-order valence-corrected chi connectivity index (χ0v) is 14.2. The fourth-order valence-electron chi connectivity index (χ4n) is 2.33. The van der Waals surface area contributed by atoms with E-state index in [9.17, 15) is 18.0 Å². The Morgan fingerprint density at radius 2 is 2.00 bits per heavy atom. The third kappa shape index (κ3) is 4.52. The smallest absolute Gasteiger partial charge is 0.462 e. The lowest BCUT2D eigenvalue weighted by atomic mass is 10.1. The predicted molar refractivity (Wildman–Crippen MR) is 86.6 cm³/mol. The van der Waals surface area contributed by atoms with Gasteiger partial charge >= 0.3 is 18.0 Å². The number of aryl methyl sites for hydroxylation is 2. The summed E-state index contributed by atoms with van der Waals surface area (Å²) in [5, 5.41) is 7.45. The minimum atomic E-state index is -4.67. The first-order valence-corrected chi connectivity index (χ1v) is 8.06. The van der Waals surface area contributed by atoms with Gasteiger partial charge in [0, 0.05) is 18.3 Å². The summed E-state index contributed by atoms with van der Waals surface area (Å²) in [5.74, 6) is -1.93. The van der Waals surface area contributed by atoms with Gasteiger partial charge < -0.3 is 9.26 Å². The van der Waals surface area contributed by atoms with E-state index < -0.39 is 18.0 Å². The fraction of sp³-hybridized carbons (Fsp3) is 0.294. The highest BCUT2D eigenvalue weighted by atomic mass is 19.4. The second kappa shape index (κ2) is 7.60. The monoisotopic (exact) mass is 380 g/mol. The van der Waals surface area contributed by atoms with E-state index in [2.05, 4.69) is 19.8 Å². The molecular formula is C17H15F3N4O3. The van der Waals surface area contributed by atoms with Gasteiger partial charge in [-0.15, -0.1) is 0 Å². The summed E-state index contributed by atoms with van der Waals surface area (Å²) in [6.07, 6.45) is -1.01. The van der Waals surface area contributed by atoms with Crippen LogP contribution in [-0.2, 0) is 23.9 Å². The number of alkyl halides is 3. The van der Waals surface area contributed by atoms with Crippen molar-refractivity contribution in [3.63, 3.8) is 0 Å². The molecule has 0 aliphatic heterocycles. The number of esters is 1. The maximum absolute atomic E-state index is 12.5. The van der Waals surface area contributed by atoms with Crippen LogP contribution in [0.1, 0.15) is 28.7 Å². The number of nitrogens with zero attached hydrogens (tertiary/aromatic N) is 4. The number of hydrogen-bond donors (Lipinski definition) is 0. The minimum Gasteiger partial charge on any atom is -0.462 e. The van der Waals surface area contributed by atoms with Gasteiger partial charge in [-0.1, -0.05) is 29.4 Å². The van der Waals surface area contributed by atoms with Gasteiger partial charge in [-0.3, -0.25) is 4.68 Å². The molecule has 142 valence electrons. The molecule has 10 heteroatoms. The van der Waals surface area contributed by atoms with Crippen molar-refractivity contribution < 1.29 is 27.2 Å². The van der Waals surface area contributed by atoms with Crippen LogP contribution in [0.25, 0.3) is 11.4 Å². The minimum absolute atomic E-state index is 0.125. The SMILES string of the molecule is CCOC(=O)c1cnn(CCc2ccc(-c3noc(C(F)(F)F)n3)cc2)c1. The normalized spacial score (nSPS) is 11.6. The molecule has 0 atom stereocenters. The number of carbonyl (C=O) groups is 1. The summed E-state index contributed by atoms with van der Waals surface area (Å²) in [4.78, 5) is 15.0. The number of carbonyl (C=O) groups excluding carboxylic acids is 1. The van der Waals surface area contributed by atoms with Crippen molar-refractivity contribution in [3.05, 3.63) is 53.7 Å². The van der Waals surface area contributed by atoms with Crippen molar-refractivity contribution in [2.75, 3.05) is 6.61 Å². The quantitative estimate of drug-likeness (QED) is 0.610. The van der Waals surface area contributed by atoms with Crippen LogP contribution in [-0.4, -0.2) is 32.5 Å². The maximum atomic E-state index is 12.5. The van der Waals surface area contributed by atoms with E-state index in [1.807, 2.05) is 0 Å². The van der Waals surface area contributed by atoms with Crippen molar-refractivity contribution in [2.24, 2.45) is 0 Å². The van der Waals surface area contributed by atoms with Gasteiger partial charge in [0.1, 0.15) is 0 Å². The van der Waals surface area contributed by atoms with E-state index in [0.29, 0.717) is 30.7 Å². The highest BCUT2D eigenvalue weighted by Crippen LogP contribution is 2.29. The Morgan fingerprint density at radius 3 is 2.63 bits per heavy atom. The van der Waals surface area contributed by atoms with Crippen molar-refractivity contribution in [1.29, 1.82) is 0 Å². The molecule has 7 nitrogen and oxygen atoms in total. The summed E-state index contributed by atoms with van der Waals surface area (Å²) in [6, 6.07) is 6.75. The van der Waals surface area contributed by atoms with Crippen molar-refractivity contribution >= 4 is 5.97 Å². The molecule has 2 heterocycles. The Hall–Kier alpha value is -3.17. The largest absolute Gasteiger partial charge is 0.471 e. The molecule has 0 saturated carbocycles. The van der Waals surface area contributed by atoms with Crippen LogP contribution >= 0.6 is 0 Å². The Morgan fingerprint density at radius 1 is 1.26 bits per heavy atom. The molecule has 0 aliphatic rings. The zero-order chi connectivity index (χ0) is 19.4. The Balaban J connectivity index is 1.61. The predicted octanol–water partition coefficient (Wildman–Crippen LogP) is 3.37. The second-order valence-corrected chi connectivity index (χ2v) is 5.58. The van der Waals surface area contributed by atoms with Gasteiger partial charge in [-0.25, -0.2) is 4.79 Å². The summed E-state index contributed by atoms with van der Waals surface area (Å²) in [6.45, 7) is 2.55. The van der Waals surface area contributed by atoms with E-state index in [-0.39, 0.29) is 5.82 Å². The van der Waals surface area contributed by atoms with E-state index in [4.69, 9.17) is 4.74 Å². The number of benzene rings is 1. The number of hydrogen-bond acceptors (Lipinski definition) is 6. The first-order chi connectivity index (χ1) is 12.9. The van der Waals surface area contributed by atoms with Crippen LogP contribution in [0.5, 0.6) is 0 Å². The van der Waals surface area contributed by atoms with Crippen molar-refractivity contribution in [2.45, 2.75) is 26.1 Å². The molecule has 0 fully saturated rings. The molecule has 0 radical (unpaired) electrons. The van der Waals surface area contributed by atoms with Crippen LogP contribution in [0, 0.1) is 0 Å². The maximum Gasteiger partial charge on any atom is 0.471 e. The lowest BCUT2D eigenvalue weighted by Gasteiger charge is -2.03. The molecule has 27 heavy (non-hydrogen) atoms. The molecule has 0 aliphatic carbocycles. The highest BCUT2D eigenvalue weighted by Gasteiger charge is 2.38. The van der Waals surface area contributed by atoms with Crippen molar-refractivity contribution in [1.82, 2.24) is 19.9 Å². The number of aromatic nitrogens is 4. The number of ether oxygens (including phenoxy) is 1. The van der Waals surface area contributed by atoms with Gasteiger partial charge in [0.15, 0.2) is 0 Å². The average molecular weight is 380 g/mol. The Kier molecular flexibility index (Phi) is 5.24.